The highest BCUT2D eigenvalue weighted by Crippen LogP contribution is 2.09. The lowest BCUT2D eigenvalue weighted by molar-refractivity contribution is -0.133. The molecule has 11 heteroatoms. The third-order valence-electron chi connectivity index (χ3n) is 4.92. The second-order valence-corrected chi connectivity index (χ2v) is 8.55. The monoisotopic (exact) mass is 475 g/mol. The molecule has 188 valence electrons. The summed E-state index contributed by atoms with van der Waals surface area (Å²) in [6.45, 7) is 5.46. The highest BCUT2D eigenvalue weighted by Gasteiger charge is 2.29. The Bertz CT molecular complexity index is 854. The summed E-state index contributed by atoms with van der Waals surface area (Å²) in [6, 6.07) is 6.39. The first kappa shape index (κ1) is 28.4. The Hall–Kier alpha value is -3.63. The lowest BCUT2D eigenvalue weighted by Gasteiger charge is -2.25. The highest BCUT2D eigenvalue weighted by atomic mass is 16.2. The number of nitrogens with zero attached hydrogens (tertiary/aromatic N) is 1. The molecule has 0 fully saturated rings. The van der Waals surface area contributed by atoms with Gasteiger partial charge < -0.3 is 33.2 Å². The van der Waals surface area contributed by atoms with Crippen LogP contribution < -0.4 is 33.2 Å². The van der Waals surface area contributed by atoms with Crippen molar-refractivity contribution in [3.63, 3.8) is 0 Å². The van der Waals surface area contributed by atoms with E-state index in [0.29, 0.717) is 12.8 Å². The van der Waals surface area contributed by atoms with Crippen molar-refractivity contribution in [1.29, 1.82) is 0 Å². The zero-order chi connectivity index (χ0) is 25.7. The van der Waals surface area contributed by atoms with E-state index in [0.717, 1.165) is 5.56 Å². The molecule has 0 saturated carbocycles. The standard InChI is InChI=1S/C23H37N7O4/c1-14(2)12-18(28-15(3)31)21(33)30-19(13-16-8-5-4-6-9-16)22(34)29-17(20(24)32)10-7-11-27-23(25)26/h4-6,8-9,14,17-19H,7,10-13H2,1-3H3,(H2,24,32)(H,28,31)(H,29,34)(H,30,33)(H4,25,26,27). The van der Waals surface area contributed by atoms with Gasteiger partial charge in [0.25, 0.3) is 0 Å². The summed E-state index contributed by atoms with van der Waals surface area (Å²) >= 11 is 0. The SMILES string of the molecule is CC(=O)NC(CC(C)C)C(=O)NC(Cc1ccccc1)C(=O)NC(CCCN=C(N)N)C(N)=O. The predicted octanol–water partition coefficient (Wildman–Crippen LogP) is -0.712. The molecule has 0 bridgehead atoms. The van der Waals surface area contributed by atoms with Gasteiger partial charge in [-0.3, -0.25) is 24.2 Å². The minimum absolute atomic E-state index is 0.0691. The minimum Gasteiger partial charge on any atom is -0.370 e. The van der Waals surface area contributed by atoms with E-state index < -0.39 is 35.8 Å². The van der Waals surface area contributed by atoms with Gasteiger partial charge in [0, 0.05) is 19.9 Å². The van der Waals surface area contributed by atoms with Crippen LogP contribution in [0.2, 0.25) is 0 Å². The molecule has 0 aromatic heterocycles. The first-order valence-electron chi connectivity index (χ1n) is 11.3. The van der Waals surface area contributed by atoms with Gasteiger partial charge in [-0.05, 0) is 30.7 Å². The molecule has 0 spiro atoms. The first-order valence-corrected chi connectivity index (χ1v) is 11.3. The molecule has 0 saturated heterocycles. The molecular formula is C23H37N7O4. The van der Waals surface area contributed by atoms with Gasteiger partial charge in [0.05, 0.1) is 0 Å². The number of primary amides is 1. The van der Waals surface area contributed by atoms with Gasteiger partial charge in [-0.15, -0.1) is 0 Å². The fraction of sp³-hybridized carbons (Fsp3) is 0.522. The van der Waals surface area contributed by atoms with Crippen molar-refractivity contribution in [2.75, 3.05) is 6.54 Å². The van der Waals surface area contributed by atoms with E-state index in [1.165, 1.54) is 6.92 Å². The van der Waals surface area contributed by atoms with Crippen LogP contribution in [-0.4, -0.2) is 54.3 Å². The van der Waals surface area contributed by atoms with Crippen molar-refractivity contribution >= 4 is 29.6 Å². The average Bonchev–Trinajstić information content (AvgIpc) is 2.74. The molecule has 1 aromatic rings. The Morgan fingerprint density at radius 2 is 1.47 bits per heavy atom. The largest absolute Gasteiger partial charge is 0.370 e. The van der Waals surface area contributed by atoms with Gasteiger partial charge in [-0.25, -0.2) is 0 Å². The maximum Gasteiger partial charge on any atom is 0.243 e. The van der Waals surface area contributed by atoms with Crippen LogP contribution in [0.25, 0.3) is 0 Å². The normalized spacial score (nSPS) is 13.3. The number of carbonyl (C=O) groups excluding carboxylic acids is 4. The second-order valence-electron chi connectivity index (χ2n) is 8.55. The number of amides is 4. The maximum atomic E-state index is 13.1. The summed E-state index contributed by atoms with van der Waals surface area (Å²) in [5, 5.41) is 7.99. The van der Waals surface area contributed by atoms with Crippen molar-refractivity contribution in [3.05, 3.63) is 35.9 Å². The number of hydrogen-bond donors (Lipinski definition) is 6. The Morgan fingerprint density at radius 1 is 0.882 bits per heavy atom. The Balaban J connectivity index is 3.01. The van der Waals surface area contributed by atoms with E-state index in [1.54, 1.807) is 0 Å². The summed E-state index contributed by atoms with van der Waals surface area (Å²) in [7, 11) is 0. The lowest BCUT2D eigenvalue weighted by Crippen LogP contribution is -2.57. The highest BCUT2D eigenvalue weighted by molar-refractivity contribution is 5.94. The fourth-order valence-corrected chi connectivity index (χ4v) is 3.34. The zero-order valence-electron chi connectivity index (χ0n) is 20.0. The Morgan fingerprint density at radius 3 is 2.00 bits per heavy atom. The summed E-state index contributed by atoms with van der Waals surface area (Å²) in [5.41, 5.74) is 16.9. The molecule has 0 radical (unpaired) electrons. The molecule has 3 unspecified atom stereocenters. The van der Waals surface area contributed by atoms with Crippen LogP contribution >= 0.6 is 0 Å². The fourth-order valence-electron chi connectivity index (χ4n) is 3.34. The van der Waals surface area contributed by atoms with Gasteiger partial charge in [0.1, 0.15) is 18.1 Å². The van der Waals surface area contributed by atoms with Crippen molar-refractivity contribution in [2.24, 2.45) is 28.1 Å². The smallest absolute Gasteiger partial charge is 0.243 e. The van der Waals surface area contributed by atoms with E-state index in [4.69, 9.17) is 17.2 Å². The van der Waals surface area contributed by atoms with E-state index in [2.05, 4.69) is 20.9 Å². The molecule has 34 heavy (non-hydrogen) atoms. The van der Waals surface area contributed by atoms with Gasteiger partial charge >= 0.3 is 0 Å². The number of carbonyl (C=O) groups is 4. The Kier molecular flexibility index (Phi) is 12.1. The molecule has 11 nitrogen and oxygen atoms in total. The minimum atomic E-state index is -0.988. The molecule has 1 rings (SSSR count). The third kappa shape index (κ3) is 11.3. The molecule has 0 heterocycles. The van der Waals surface area contributed by atoms with Gasteiger partial charge in [-0.1, -0.05) is 44.2 Å². The van der Waals surface area contributed by atoms with Crippen LogP contribution in [0.15, 0.2) is 35.3 Å². The van der Waals surface area contributed by atoms with Crippen molar-refractivity contribution < 1.29 is 19.2 Å². The molecule has 4 amide bonds. The van der Waals surface area contributed by atoms with E-state index in [1.807, 2.05) is 44.2 Å². The molecule has 1 aromatic carbocycles. The topological polar surface area (TPSA) is 195 Å². The average molecular weight is 476 g/mol. The summed E-state index contributed by atoms with van der Waals surface area (Å²) in [4.78, 5) is 53.4. The van der Waals surface area contributed by atoms with Crippen molar-refractivity contribution in [1.82, 2.24) is 16.0 Å². The molecular weight excluding hydrogens is 438 g/mol. The number of nitrogens with one attached hydrogen (secondary N) is 3. The Labute approximate surface area is 200 Å². The predicted molar refractivity (Wildman–Crippen MR) is 130 cm³/mol. The maximum absolute atomic E-state index is 13.1. The van der Waals surface area contributed by atoms with Gasteiger partial charge in [0.15, 0.2) is 5.96 Å². The van der Waals surface area contributed by atoms with Crippen LogP contribution in [0, 0.1) is 5.92 Å². The zero-order valence-corrected chi connectivity index (χ0v) is 20.0. The summed E-state index contributed by atoms with van der Waals surface area (Å²) in [6.07, 6.45) is 1.23. The second kappa shape index (κ2) is 14.5. The number of hydrogen-bond acceptors (Lipinski definition) is 5. The summed E-state index contributed by atoms with van der Waals surface area (Å²) in [5.74, 6) is -2.04. The number of aliphatic imine (C=N–C) groups is 1. The van der Waals surface area contributed by atoms with Gasteiger partial charge in [0.2, 0.25) is 23.6 Å². The molecule has 0 aliphatic rings. The summed E-state index contributed by atoms with van der Waals surface area (Å²) < 4.78 is 0. The van der Waals surface area contributed by atoms with Crippen LogP contribution in [0.5, 0.6) is 0 Å². The molecule has 0 aliphatic carbocycles. The quantitative estimate of drug-likeness (QED) is 0.117. The van der Waals surface area contributed by atoms with E-state index in [-0.39, 0.29) is 37.2 Å². The molecule has 0 aliphatic heterocycles. The van der Waals surface area contributed by atoms with Crippen molar-refractivity contribution in [3.8, 4) is 0 Å². The number of rotatable bonds is 14. The van der Waals surface area contributed by atoms with E-state index >= 15 is 0 Å². The van der Waals surface area contributed by atoms with Crippen LogP contribution in [0.3, 0.4) is 0 Å². The van der Waals surface area contributed by atoms with Crippen molar-refractivity contribution in [2.45, 2.75) is 64.6 Å². The number of benzene rings is 1. The molecule has 9 N–H and O–H groups in total. The van der Waals surface area contributed by atoms with Crippen LogP contribution in [0.4, 0.5) is 0 Å². The van der Waals surface area contributed by atoms with Gasteiger partial charge in [-0.2, -0.15) is 0 Å². The van der Waals surface area contributed by atoms with E-state index in [9.17, 15) is 19.2 Å². The molecule has 3 atom stereocenters. The van der Waals surface area contributed by atoms with Crippen LogP contribution in [-0.2, 0) is 25.6 Å². The van der Waals surface area contributed by atoms with Crippen LogP contribution in [0.1, 0.15) is 45.6 Å². The first-order chi connectivity index (χ1) is 16.0. The number of guanidine groups is 1. The number of nitrogens with two attached hydrogens (primary N) is 3. The lowest BCUT2D eigenvalue weighted by atomic mass is 10.0. The third-order valence-corrected chi connectivity index (χ3v) is 4.92.